The normalized spacial score (nSPS) is 10.4. The number of carbonyl (C=O) groups excluding carboxylic acids is 1. The highest BCUT2D eigenvalue weighted by Crippen LogP contribution is 2.27. The minimum absolute atomic E-state index is 0.0275. The molecule has 4 nitrogen and oxygen atoms in total. The molecular weight excluding hydrogens is 330 g/mol. The van der Waals surface area contributed by atoms with Crippen molar-refractivity contribution in [3.05, 3.63) is 51.7 Å². The van der Waals surface area contributed by atoms with Crippen LogP contribution >= 0.6 is 11.8 Å². The Labute approximate surface area is 153 Å². The smallest absolute Gasteiger partial charge is 0.225 e. The maximum Gasteiger partial charge on any atom is 0.225 e. The number of hydrogen-bond donors (Lipinski definition) is 1. The molecule has 0 saturated heterocycles. The van der Waals surface area contributed by atoms with E-state index in [0.717, 1.165) is 33.6 Å². The maximum absolute atomic E-state index is 12.2. The number of aryl methyl sites for hydroxylation is 2. The quantitative estimate of drug-likeness (QED) is 0.797. The Hall–Kier alpha value is -2.32. The molecule has 25 heavy (non-hydrogen) atoms. The van der Waals surface area contributed by atoms with Gasteiger partial charge in [0.1, 0.15) is 11.1 Å². The van der Waals surface area contributed by atoms with Gasteiger partial charge in [-0.3, -0.25) is 4.79 Å². The highest BCUT2D eigenvalue weighted by atomic mass is 32.2. The van der Waals surface area contributed by atoms with Gasteiger partial charge >= 0.3 is 0 Å². The molecule has 1 aromatic heterocycles. The van der Waals surface area contributed by atoms with Gasteiger partial charge in [0.2, 0.25) is 5.91 Å². The first kappa shape index (κ1) is 19.0. The van der Waals surface area contributed by atoms with Gasteiger partial charge in [0.15, 0.2) is 0 Å². The van der Waals surface area contributed by atoms with E-state index in [1.165, 1.54) is 11.8 Å². The number of hydrogen-bond acceptors (Lipinski definition) is 4. The topological polar surface area (TPSA) is 65.8 Å². The van der Waals surface area contributed by atoms with Crippen LogP contribution < -0.4 is 5.32 Å². The molecule has 1 heterocycles. The van der Waals surface area contributed by atoms with E-state index in [1.54, 1.807) is 0 Å². The Kier molecular flexibility index (Phi) is 6.22. The van der Waals surface area contributed by atoms with Crippen LogP contribution in [0, 0.1) is 45.9 Å². The number of thioether (sulfide) groups is 1. The van der Waals surface area contributed by atoms with E-state index in [2.05, 4.69) is 16.4 Å². The average Bonchev–Trinajstić information content (AvgIpc) is 2.57. The minimum atomic E-state index is -0.0275. The van der Waals surface area contributed by atoms with Gasteiger partial charge in [0.25, 0.3) is 0 Å². The summed E-state index contributed by atoms with van der Waals surface area (Å²) in [6.07, 6.45) is 0.372. The number of nitrogens with zero attached hydrogens (tertiary/aromatic N) is 2. The van der Waals surface area contributed by atoms with Crippen LogP contribution in [0.3, 0.4) is 0 Å². The Morgan fingerprint density at radius 1 is 1.16 bits per heavy atom. The summed E-state index contributed by atoms with van der Waals surface area (Å²) in [5, 5.41) is 13.1. The van der Waals surface area contributed by atoms with E-state index in [1.807, 2.05) is 52.8 Å². The predicted molar refractivity (Wildman–Crippen MR) is 103 cm³/mol. The third-order valence-corrected chi connectivity index (χ3v) is 5.50. The van der Waals surface area contributed by atoms with Crippen molar-refractivity contribution in [2.45, 2.75) is 46.1 Å². The van der Waals surface area contributed by atoms with E-state index in [0.29, 0.717) is 22.8 Å². The third kappa shape index (κ3) is 4.40. The molecule has 0 saturated carbocycles. The van der Waals surface area contributed by atoms with Gasteiger partial charge in [0, 0.05) is 23.6 Å². The van der Waals surface area contributed by atoms with E-state index >= 15 is 0 Å². The Balaban J connectivity index is 2.00. The number of amides is 1. The minimum Gasteiger partial charge on any atom is -0.326 e. The molecule has 1 N–H and O–H groups in total. The van der Waals surface area contributed by atoms with Crippen LogP contribution in [0.15, 0.2) is 23.2 Å². The zero-order valence-electron chi connectivity index (χ0n) is 15.4. The Morgan fingerprint density at radius 3 is 2.56 bits per heavy atom. The van der Waals surface area contributed by atoms with Gasteiger partial charge < -0.3 is 5.32 Å². The average molecular weight is 353 g/mol. The number of nitrogens with one attached hydrogen (secondary N) is 1. The number of benzene rings is 1. The molecule has 0 spiro atoms. The summed E-state index contributed by atoms with van der Waals surface area (Å²) in [7, 11) is 0. The second-order valence-corrected chi connectivity index (χ2v) is 7.22. The summed E-state index contributed by atoms with van der Waals surface area (Å²) >= 11 is 1.46. The molecule has 0 aliphatic carbocycles. The number of rotatable bonds is 5. The van der Waals surface area contributed by atoms with Gasteiger partial charge in [-0.05, 0) is 62.9 Å². The van der Waals surface area contributed by atoms with Crippen molar-refractivity contribution in [1.29, 1.82) is 5.26 Å². The fraction of sp³-hybridized carbons (Fsp3) is 0.350. The molecule has 1 amide bonds. The van der Waals surface area contributed by atoms with Crippen LogP contribution in [0.2, 0.25) is 0 Å². The molecule has 2 rings (SSSR count). The van der Waals surface area contributed by atoms with E-state index in [-0.39, 0.29) is 5.91 Å². The molecule has 5 heteroatoms. The van der Waals surface area contributed by atoms with Gasteiger partial charge in [-0.25, -0.2) is 4.98 Å². The van der Waals surface area contributed by atoms with Crippen molar-refractivity contribution in [3.63, 3.8) is 0 Å². The van der Waals surface area contributed by atoms with Crippen molar-refractivity contribution in [2.24, 2.45) is 0 Å². The lowest BCUT2D eigenvalue weighted by Gasteiger charge is -2.12. The second kappa shape index (κ2) is 8.17. The largest absolute Gasteiger partial charge is 0.326 e. The summed E-state index contributed by atoms with van der Waals surface area (Å²) in [5.74, 6) is 0.556. The van der Waals surface area contributed by atoms with Crippen LogP contribution in [0.1, 0.15) is 39.9 Å². The van der Waals surface area contributed by atoms with E-state index in [4.69, 9.17) is 0 Å². The monoisotopic (exact) mass is 353 g/mol. The number of aromatic nitrogens is 1. The molecule has 2 aromatic rings. The molecule has 0 aliphatic rings. The first-order valence-electron chi connectivity index (χ1n) is 8.22. The molecule has 0 aliphatic heterocycles. The lowest BCUT2D eigenvalue weighted by atomic mass is 10.1. The molecule has 0 radical (unpaired) electrons. The molecule has 0 bridgehead atoms. The first-order valence-corrected chi connectivity index (χ1v) is 9.20. The van der Waals surface area contributed by atoms with E-state index < -0.39 is 0 Å². The number of nitriles is 1. The zero-order chi connectivity index (χ0) is 18.6. The highest BCUT2D eigenvalue weighted by molar-refractivity contribution is 7.99. The Morgan fingerprint density at radius 2 is 1.88 bits per heavy atom. The fourth-order valence-corrected chi connectivity index (χ4v) is 3.51. The number of pyridine rings is 1. The van der Waals surface area contributed by atoms with Crippen LogP contribution in [-0.2, 0) is 4.79 Å². The molecule has 0 unspecified atom stereocenters. The first-order chi connectivity index (χ1) is 11.8. The summed E-state index contributed by atoms with van der Waals surface area (Å²) in [6, 6.07) is 8.12. The van der Waals surface area contributed by atoms with Gasteiger partial charge in [0.05, 0.1) is 5.56 Å². The van der Waals surface area contributed by atoms with Crippen molar-refractivity contribution in [1.82, 2.24) is 4.98 Å². The third-order valence-electron chi connectivity index (χ3n) is 4.52. The summed E-state index contributed by atoms with van der Waals surface area (Å²) < 4.78 is 0. The number of carbonyl (C=O) groups is 1. The lowest BCUT2D eigenvalue weighted by molar-refractivity contribution is -0.115. The summed E-state index contributed by atoms with van der Waals surface area (Å²) in [4.78, 5) is 16.7. The van der Waals surface area contributed by atoms with Crippen molar-refractivity contribution < 1.29 is 4.79 Å². The summed E-state index contributed by atoms with van der Waals surface area (Å²) in [5.41, 5.74) is 6.66. The van der Waals surface area contributed by atoms with Gasteiger partial charge in [-0.15, -0.1) is 11.8 Å². The number of anilines is 1. The van der Waals surface area contributed by atoms with Crippen molar-refractivity contribution in [2.75, 3.05) is 11.1 Å². The van der Waals surface area contributed by atoms with Crippen molar-refractivity contribution >= 4 is 23.4 Å². The zero-order valence-corrected chi connectivity index (χ0v) is 16.2. The maximum atomic E-state index is 12.2. The van der Waals surface area contributed by atoms with Crippen LogP contribution in [0.5, 0.6) is 0 Å². The lowest BCUT2D eigenvalue weighted by Crippen LogP contribution is -2.13. The summed E-state index contributed by atoms with van der Waals surface area (Å²) in [6.45, 7) is 9.89. The second-order valence-electron chi connectivity index (χ2n) is 6.13. The van der Waals surface area contributed by atoms with Crippen LogP contribution in [0.4, 0.5) is 5.69 Å². The Bertz CT molecular complexity index is 853. The van der Waals surface area contributed by atoms with E-state index in [9.17, 15) is 10.1 Å². The molecule has 1 aromatic carbocycles. The standard InChI is InChI=1S/C20H23N3OS/c1-12-7-6-8-18(13(12)2)23-19(24)9-10-25-20-17(11-21)15(4)14(3)16(5)22-20/h6-8H,9-10H2,1-5H3,(H,23,24). The molecule has 0 fully saturated rings. The predicted octanol–water partition coefficient (Wildman–Crippen LogP) is 4.62. The highest BCUT2D eigenvalue weighted by Gasteiger charge is 2.13. The van der Waals surface area contributed by atoms with Crippen molar-refractivity contribution in [3.8, 4) is 6.07 Å². The van der Waals surface area contributed by atoms with Crippen LogP contribution in [-0.4, -0.2) is 16.6 Å². The SMILES string of the molecule is Cc1cccc(NC(=O)CCSc2nc(C)c(C)c(C)c2C#N)c1C. The molecular formula is C20H23N3OS. The fourth-order valence-electron chi connectivity index (χ4n) is 2.49. The van der Waals surface area contributed by atoms with Gasteiger partial charge in [-0.1, -0.05) is 12.1 Å². The molecule has 130 valence electrons. The van der Waals surface area contributed by atoms with Gasteiger partial charge in [-0.2, -0.15) is 5.26 Å². The van der Waals surface area contributed by atoms with Crippen LogP contribution in [0.25, 0.3) is 0 Å². The molecule has 0 atom stereocenters.